The molecule has 0 fully saturated rings. The van der Waals surface area contributed by atoms with Gasteiger partial charge < -0.3 is 4.74 Å². The number of nitrogens with zero attached hydrogens (tertiary/aromatic N) is 2. The molecule has 9 heteroatoms. The van der Waals surface area contributed by atoms with Gasteiger partial charge in [0.15, 0.2) is 0 Å². The summed E-state index contributed by atoms with van der Waals surface area (Å²) in [5.74, 6) is -1.61. The first-order valence-corrected chi connectivity index (χ1v) is 4.60. The summed E-state index contributed by atoms with van der Waals surface area (Å²) in [5, 5.41) is 8.56. The van der Waals surface area contributed by atoms with Crippen LogP contribution in [0.15, 0.2) is 6.20 Å². The monoisotopic (exact) mass is 280 g/mol. The van der Waals surface area contributed by atoms with Crippen molar-refractivity contribution < 1.29 is 31.5 Å². The zero-order chi connectivity index (χ0) is 14.8. The highest BCUT2D eigenvalue weighted by Gasteiger charge is 2.40. The Morgan fingerprint density at radius 3 is 2.42 bits per heavy atom. The van der Waals surface area contributed by atoms with Crippen LogP contribution in [0.3, 0.4) is 0 Å². The molecule has 0 aliphatic heterocycles. The first-order chi connectivity index (χ1) is 8.73. The van der Waals surface area contributed by atoms with Crippen molar-refractivity contribution in [1.82, 2.24) is 4.98 Å². The highest BCUT2D eigenvalue weighted by atomic mass is 19.4. The molecule has 0 N–H and O–H groups in total. The van der Waals surface area contributed by atoms with Crippen LogP contribution in [-0.4, -0.2) is 18.1 Å². The Kier molecular flexibility index (Phi) is 4.04. The Balaban J connectivity index is 3.76. The summed E-state index contributed by atoms with van der Waals surface area (Å²) in [4.78, 5) is 14.3. The minimum absolute atomic E-state index is 0.149. The molecule has 19 heavy (non-hydrogen) atoms. The average molecular weight is 280 g/mol. The maximum absolute atomic E-state index is 12.8. The Hall–Kier alpha value is -2.24. The molecular weight excluding hydrogens is 275 g/mol. The summed E-state index contributed by atoms with van der Waals surface area (Å²) < 4.78 is 67.5. The average Bonchev–Trinajstić information content (AvgIpc) is 2.34. The zero-order valence-corrected chi connectivity index (χ0v) is 9.26. The van der Waals surface area contributed by atoms with Crippen LogP contribution in [0.5, 0.6) is 0 Å². The molecule has 0 aliphatic carbocycles. The maximum atomic E-state index is 12.8. The molecule has 0 unspecified atom stereocenters. The van der Waals surface area contributed by atoms with E-state index in [2.05, 4.69) is 9.72 Å². The molecule has 102 valence electrons. The van der Waals surface area contributed by atoms with E-state index in [1.807, 2.05) is 0 Å². The van der Waals surface area contributed by atoms with Gasteiger partial charge in [-0.1, -0.05) is 0 Å². The van der Waals surface area contributed by atoms with E-state index in [1.165, 1.54) is 6.07 Å². The number of methoxy groups -OCH3 is 1. The fraction of sp³-hybridized carbons (Fsp3) is 0.300. The van der Waals surface area contributed by atoms with Gasteiger partial charge >= 0.3 is 12.1 Å². The van der Waals surface area contributed by atoms with Gasteiger partial charge in [0.2, 0.25) is 0 Å². The molecule has 1 rings (SSSR count). The smallest absolute Gasteiger partial charge is 0.418 e. The second kappa shape index (κ2) is 5.17. The second-order valence-electron chi connectivity index (χ2n) is 3.21. The zero-order valence-electron chi connectivity index (χ0n) is 9.26. The number of hydrogen-bond acceptors (Lipinski definition) is 4. The second-order valence-corrected chi connectivity index (χ2v) is 3.21. The number of carbonyl (C=O) groups is 1. The fourth-order valence-corrected chi connectivity index (χ4v) is 1.37. The highest BCUT2D eigenvalue weighted by molar-refractivity contribution is 5.93. The number of nitriles is 1. The lowest BCUT2D eigenvalue weighted by Crippen LogP contribution is -2.19. The summed E-state index contributed by atoms with van der Waals surface area (Å²) in [6, 6.07) is 1.21. The van der Waals surface area contributed by atoms with E-state index in [0.717, 1.165) is 7.11 Å². The predicted molar refractivity (Wildman–Crippen MR) is 50.3 cm³/mol. The Morgan fingerprint density at radius 2 is 2.05 bits per heavy atom. The van der Waals surface area contributed by atoms with E-state index in [0.29, 0.717) is 0 Å². The molecule has 0 aromatic carbocycles. The first kappa shape index (κ1) is 14.8. The molecule has 0 radical (unpaired) electrons. The minimum Gasteiger partial charge on any atom is -0.465 e. The Morgan fingerprint density at radius 1 is 1.47 bits per heavy atom. The van der Waals surface area contributed by atoms with Gasteiger partial charge in [0.05, 0.1) is 23.8 Å². The lowest BCUT2D eigenvalue weighted by atomic mass is 10.0. The highest BCUT2D eigenvalue weighted by Crippen LogP contribution is 2.37. The van der Waals surface area contributed by atoms with Crippen molar-refractivity contribution in [2.24, 2.45) is 0 Å². The van der Waals surface area contributed by atoms with Crippen molar-refractivity contribution >= 4 is 5.97 Å². The van der Waals surface area contributed by atoms with Crippen molar-refractivity contribution in [3.8, 4) is 6.07 Å². The Labute approximate surface area is 103 Å². The predicted octanol–water partition coefficient (Wildman–Crippen LogP) is 2.70. The fourth-order valence-electron chi connectivity index (χ4n) is 1.37. The number of ether oxygens (including phenoxy) is 1. The molecule has 4 nitrogen and oxygen atoms in total. The normalized spacial score (nSPS) is 11.3. The number of alkyl halides is 5. The van der Waals surface area contributed by atoms with Crippen LogP contribution in [0.25, 0.3) is 0 Å². The van der Waals surface area contributed by atoms with E-state index < -0.39 is 41.0 Å². The van der Waals surface area contributed by atoms with Gasteiger partial charge in [-0.25, -0.2) is 18.6 Å². The number of pyridine rings is 1. The van der Waals surface area contributed by atoms with E-state index in [9.17, 15) is 26.7 Å². The summed E-state index contributed by atoms with van der Waals surface area (Å²) in [5.41, 5.74) is -5.40. The number of hydrogen-bond donors (Lipinski definition) is 0. The van der Waals surface area contributed by atoms with Gasteiger partial charge in [0.1, 0.15) is 11.8 Å². The van der Waals surface area contributed by atoms with Crippen LogP contribution in [0, 0.1) is 11.3 Å². The van der Waals surface area contributed by atoms with E-state index >= 15 is 0 Å². The van der Waals surface area contributed by atoms with Crippen LogP contribution in [0.1, 0.15) is 33.6 Å². The molecule has 0 saturated carbocycles. The number of rotatable bonds is 2. The molecule has 1 aromatic heterocycles. The van der Waals surface area contributed by atoms with Crippen LogP contribution in [-0.2, 0) is 10.9 Å². The molecule has 0 spiro atoms. The van der Waals surface area contributed by atoms with Crippen LogP contribution >= 0.6 is 0 Å². The molecule has 0 atom stereocenters. The summed E-state index contributed by atoms with van der Waals surface area (Å²) in [7, 11) is 0.740. The molecule has 1 heterocycles. The number of aromatic nitrogens is 1. The van der Waals surface area contributed by atoms with Crippen LogP contribution in [0.2, 0.25) is 0 Å². The van der Waals surface area contributed by atoms with Crippen molar-refractivity contribution in [3.63, 3.8) is 0 Å². The molecule has 0 bridgehead atoms. The molecule has 0 amide bonds. The summed E-state index contributed by atoms with van der Waals surface area (Å²) >= 11 is 0. The topological polar surface area (TPSA) is 63.0 Å². The first-order valence-electron chi connectivity index (χ1n) is 4.60. The van der Waals surface area contributed by atoms with E-state index in [1.54, 1.807) is 0 Å². The lowest BCUT2D eigenvalue weighted by Gasteiger charge is -2.15. The molecule has 1 aromatic rings. The van der Waals surface area contributed by atoms with Gasteiger partial charge in [0, 0.05) is 6.20 Å². The van der Waals surface area contributed by atoms with Crippen molar-refractivity contribution in [2.75, 3.05) is 7.11 Å². The summed E-state index contributed by atoms with van der Waals surface area (Å²) in [6.45, 7) is 0. The standard InChI is InChI=1S/C10H5F5N2O2/c1-19-9(18)6-4(10(13,14)15)3-17-5(2-16)7(6)8(11)12/h3,8H,1H3. The summed E-state index contributed by atoms with van der Waals surface area (Å²) in [6.07, 6.45) is -8.40. The van der Waals surface area contributed by atoms with Crippen molar-refractivity contribution in [1.29, 1.82) is 5.26 Å². The molecule has 0 saturated heterocycles. The minimum atomic E-state index is -5.08. The van der Waals surface area contributed by atoms with Gasteiger partial charge in [-0.05, 0) is 0 Å². The third-order valence-electron chi connectivity index (χ3n) is 2.14. The van der Waals surface area contributed by atoms with Crippen molar-refractivity contribution in [2.45, 2.75) is 12.6 Å². The largest absolute Gasteiger partial charge is 0.465 e. The molecule has 0 aliphatic rings. The number of halogens is 5. The quantitative estimate of drug-likeness (QED) is 0.617. The molecular formula is C10H5F5N2O2. The van der Waals surface area contributed by atoms with Crippen molar-refractivity contribution in [3.05, 3.63) is 28.6 Å². The van der Waals surface area contributed by atoms with Crippen LogP contribution in [0.4, 0.5) is 22.0 Å². The SMILES string of the molecule is COC(=O)c1c(C(F)(F)F)cnc(C#N)c1C(F)F. The lowest BCUT2D eigenvalue weighted by molar-refractivity contribution is -0.138. The van der Waals surface area contributed by atoms with E-state index in [-0.39, 0.29) is 6.20 Å². The van der Waals surface area contributed by atoms with Gasteiger partial charge in [-0.2, -0.15) is 18.4 Å². The van der Waals surface area contributed by atoms with Gasteiger partial charge in [-0.3, -0.25) is 0 Å². The maximum Gasteiger partial charge on any atom is 0.418 e. The van der Waals surface area contributed by atoms with Gasteiger partial charge in [0.25, 0.3) is 6.43 Å². The van der Waals surface area contributed by atoms with Crippen LogP contribution < -0.4 is 0 Å². The van der Waals surface area contributed by atoms with Gasteiger partial charge in [-0.15, -0.1) is 0 Å². The Bertz CT molecular complexity index is 548. The third kappa shape index (κ3) is 2.78. The third-order valence-corrected chi connectivity index (χ3v) is 2.14. The van der Waals surface area contributed by atoms with E-state index in [4.69, 9.17) is 5.26 Å². The number of carbonyl (C=O) groups excluding carboxylic acids is 1. The number of esters is 1.